The number of hydrogen-bond donors (Lipinski definition) is 0. The summed E-state index contributed by atoms with van der Waals surface area (Å²) in [4.78, 5) is 4.27. The maximum absolute atomic E-state index is 5.81. The molecule has 21 heavy (non-hydrogen) atoms. The molecule has 0 aliphatic rings. The number of methoxy groups -OCH3 is 3. The summed E-state index contributed by atoms with van der Waals surface area (Å²) in [6, 6.07) is 9.29. The highest BCUT2D eigenvalue weighted by molar-refractivity contribution is 5.80. The van der Waals surface area contributed by atoms with Crippen molar-refractivity contribution in [2.75, 3.05) is 21.3 Å². The van der Waals surface area contributed by atoms with Crippen LogP contribution in [0.15, 0.2) is 40.9 Å². The second-order valence-corrected chi connectivity index (χ2v) is 4.41. The summed E-state index contributed by atoms with van der Waals surface area (Å²) < 4.78 is 21.8. The third-order valence-corrected chi connectivity index (χ3v) is 3.24. The van der Waals surface area contributed by atoms with Crippen LogP contribution in [0, 0.1) is 0 Å². The SMILES string of the molecule is COc1cc(-c2cc3ncccc3o2)cc(OC)c1OC. The van der Waals surface area contributed by atoms with E-state index in [0.717, 1.165) is 16.7 Å². The van der Waals surface area contributed by atoms with E-state index in [1.807, 2.05) is 30.3 Å². The molecule has 2 heterocycles. The van der Waals surface area contributed by atoms with Gasteiger partial charge in [0.2, 0.25) is 5.75 Å². The number of fused-ring (bicyclic) bond motifs is 1. The molecular formula is C16H15NO4. The molecule has 1 aromatic carbocycles. The predicted molar refractivity (Wildman–Crippen MR) is 79.1 cm³/mol. The van der Waals surface area contributed by atoms with E-state index in [4.69, 9.17) is 18.6 Å². The van der Waals surface area contributed by atoms with Crippen molar-refractivity contribution in [3.63, 3.8) is 0 Å². The van der Waals surface area contributed by atoms with E-state index in [1.165, 1.54) is 0 Å². The second-order valence-electron chi connectivity index (χ2n) is 4.41. The zero-order valence-corrected chi connectivity index (χ0v) is 12.0. The Morgan fingerprint density at radius 2 is 1.67 bits per heavy atom. The molecule has 0 N–H and O–H groups in total. The van der Waals surface area contributed by atoms with Gasteiger partial charge in [0.15, 0.2) is 17.1 Å². The molecule has 0 radical (unpaired) electrons. The summed E-state index contributed by atoms with van der Waals surface area (Å²) in [5, 5.41) is 0. The first kappa shape index (κ1) is 13.3. The minimum absolute atomic E-state index is 0.554. The van der Waals surface area contributed by atoms with Gasteiger partial charge >= 0.3 is 0 Å². The lowest BCUT2D eigenvalue weighted by Gasteiger charge is -2.13. The van der Waals surface area contributed by atoms with E-state index in [2.05, 4.69) is 4.98 Å². The van der Waals surface area contributed by atoms with Gasteiger partial charge in [0.1, 0.15) is 11.3 Å². The number of furan rings is 1. The van der Waals surface area contributed by atoms with Gasteiger partial charge in [-0.15, -0.1) is 0 Å². The van der Waals surface area contributed by atoms with Crippen LogP contribution in [0.25, 0.3) is 22.4 Å². The van der Waals surface area contributed by atoms with Crippen molar-refractivity contribution >= 4 is 11.1 Å². The molecule has 0 amide bonds. The van der Waals surface area contributed by atoms with Crippen molar-refractivity contribution in [2.45, 2.75) is 0 Å². The Bertz CT molecular complexity index is 721. The number of hydrogen-bond acceptors (Lipinski definition) is 5. The first-order valence-corrected chi connectivity index (χ1v) is 6.41. The molecule has 0 aliphatic heterocycles. The molecule has 108 valence electrons. The summed E-state index contributed by atoms with van der Waals surface area (Å²) in [6.07, 6.45) is 1.73. The number of rotatable bonds is 4. The first-order valence-electron chi connectivity index (χ1n) is 6.41. The lowest BCUT2D eigenvalue weighted by atomic mass is 10.1. The first-order chi connectivity index (χ1) is 10.3. The van der Waals surface area contributed by atoms with Crippen LogP contribution < -0.4 is 14.2 Å². The summed E-state index contributed by atoms with van der Waals surface area (Å²) >= 11 is 0. The predicted octanol–water partition coefficient (Wildman–Crippen LogP) is 3.52. The molecule has 0 fully saturated rings. The fourth-order valence-electron chi connectivity index (χ4n) is 2.24. The summed E-state index contributed by atoms with van der Waals surface area (Å²) in [5.74, 6) is 2.42. The Kier molecular flexibility index (Phi) is 3.39. The van der Waals surface area contributed by atoms with Gasteiger partial charge in [0.25, 0.3) is 0 Å². The average Bonchev–Trinajstić information content (AvgIpc) is 2.97. The molecule has 3 rings (SSSR count). The van der Waals surface area contributed by atoms with E-state index in [9.17, 15) is 0 Å². The largest absolute Gasteiger partial charge is 0.493 e. The maximum atomic E-state index is 5.81. The van der Waals surface area contributed by atoms with Crippen molar-refractivity contribution in [1.82, 2.24) is 4.98 Å². The number of aromatic nitrogens is 1. The van der Waals surface area contributed by atoms with Gasteiger partial charge in [-0.2, -0.15) is 0 Å². The van der Waals surface area contributed by atoms with Gasteiger partial charge < -0.3 is 18.6 Å². The molecule has 5 nitrogen and oxygen atoms in total. The number of benzene rings is 1. The smallest absolute Gasteiger partial charge is 0.203 e. The van der Waals surface area contributed by atoms with Crippen molar-refractivity contribution in [2.24, 2.45) is 0 Å². The van der Waals surface area contributed by atoms with Gasteiger partial charge in [0, 0.05) is 17.8 Å². The molecule has 0 bridgehead atoms. The Hall–Kier alpha value is -2.69. The van der Waals surface area contributed by atoms with Crippen LogP contribution >= 0.6 is 0 Å². The van der Waals surface area contributed by atoms with Crippen molar-refractivity contribution < 1.29 is 18.6 Å². The summed E-state index contributed by atoms with van der Waals surface area (Å²) in [5.41, 5.74) is 2.38. The molecular weight excluding hydrogens is 270 g/mol. The zero-order chi connectivity index (χ0) is 14.8. The molecule has 2 aromatic heterocycles. The number of nitrogens with zero attached hydrogens (tertiary/aromatic N) is 1. The molecule has 0 saturated heterocycles. The van der Waals surface area contributed by atoms with Crippen molar-refractivity contribution in [3.05, 3.63) is 36.5 Å². The molecule has 3 aromatic rings. The summed E-state index contributed by atoms with van der Waals surface area (Å²) in [6.45, 7) is 0. The highest BCUT2D eigenvalue weighted by Crippen LogP contribution is 2.41. The van der Waals surface area contributed by atoms with Crippen LogP contribution in [0.3, 0.4) is 0 Å². The number of ether oxygens (including phenoxy) is 3. The quantitative estimate of drug-likeness (QED) is 0.734. The molecule has 0 aliphatic carbocycles. The fraction of sp³-hybridized carbons (Fsp3) is 0.188. The van der Waals surface area contributed by atoms with E-state index in [-0.39, 0.29) is 0 Å². The standard InChI is InChI=1S/C16H15NO4/c1-18-14-7-10(8-15(19-2)16(14)20-3)13-9-11-12(21-13)5-4-6-17-11/h4-9H,1-3H3. The molecule has 0 atom stereocenters. The van der Waals surface area contributed by atoms with Crippen LogP contribution in [0.2, 0.25) is 0 Å². The Morgan fingerprint density at radius 3 is 2.24 bits per heavy atom. The van der Waals surface area contributed by atoms with Crippen molar-refractivity contribution in [1.29, 1.82) is 0 Å². The topological polar surface area (TPSA) is 53.7 Å². The Balaban J connectivity index is 2.17. The van der Waals surface area contributed by atoms with E-state index in [1.54, 1.807) is 27.5 Å². The van der Waals surface area contributed by atoms with Gasteiger partial charge in [-0.05, 0) is 24.3 Å². The van der Waals surface area contributed by atoms with Gasteiger partial charge in [-0.25, -0.2) is 0 Å². The highest BCUT2D eigenvalue weighted by Gasteiger charge is 2.16. The van der Waals surface area contributed by atoms with E-state index >= 15 is 0 Å². The minimum atomic E-state index is 0.554. The lowest BCUT2D eigenvalue weighted by molar-refractivity contribution is 0.324. The third-order valence-electron chi connectivity index (χ3n) is 3.24. The van der Waals surface area contributed by atoms with E-state index in [0.29, 0.717) is 23.0 Å². The highest BCUT2D eigenvalue weighted by atomic mass is 16.5. The van der Waals surface area contributed by atoms with Crippen LogP contribution in [0.1, 0.15) is 0 Å². The Labute approximate surface area is 122 Å². The Morgan fingerprint density at radius 1 is 0.952 bits per heavy atom. The minimum Gasteiger partial charge on any atom is -0.493 e. The average molecular weight is 285 g/mol. The van der Waals surface area contributed by atoms with Gasteiger partial charge in [-0.3, -0.25) is 4.98 Å². The number of pyridine rings is 1. The maximum Gasteiger partial charge on any atom is 0.203 e. The fourth-order valence-corrected chi connectivity index (χ4v) is 2.24. The molecule has 0 saturated carbocycles. The lowest BCUT2D eigenvalue weighted by Crippen LogP contribution is -1.95. The molecule has 0 spiro atoms. The second kappa shape index (κ2) is 5.36. The van der Waals surface area contributed by atoms with Gasteiger partial charge in [-0.1, -0.05) is 0 Å². The molecule has 0 unspecified atom stereocenters. The van der Waals surface area contributed by atoms with Crippen molar-refractivity contribution in [3.8, 4) is 28.6 Å². The van der Waals surface area contributed by atoms with Gasteiger partial charge in [0.05, 0.1) is 21.3 Å². The van der Waals surface area contributed by atoms with Crippen LogP contribution in [-0.4, -0.2) is 26.3 Å². The summed E-state index contributed by atoms with van der Waals surface area (Å²) in [7, 11) is 4.74. The normalized spacial score (nSPS) is 10.6. The van der Waals surface area contributed by atoms with Crippen LogP contribution in [-0.2, 0) is 0 Å². The molecule has 5 heteroatoms. The van der Waals surface area contributed by atoms with Crippen LogP contribution in [0.5, 0.6) is 17.2 Å². The van der Waals surface area contributed by atoms with E-state index < -0.39 is 0 Å². The monoisotopic (exact) mass is 285 g/mol. The third kappa shape index (κ3) is 2.27. The van der Waals surface area contributed by atoms with Crippen LogP contribution in [0.4, 0.5) is 0 Å². The zero-order valence-electron chi connectivity index (χ0n) is 12.0.